The van der Waals surface area contributed by atoms with Crippen LogP contribution < -0.4 is 0 Å². The second-order valence-corrected chi connectivity index (χ2v) is 17.9. The van der Waals surface area contributed by atoms with Gasteiger partial charge in [0.15, 0.2) is 0 Å². The lowest BCUT2D eigenvalue weighted by atomic mass is 10.5. The Balaban J connectivity index is 4.99. The van der Waals surface area contributed by atoms with E-state index in [4.69, 9.17) is 23.2 Å². The highest BCUT2D eigenvalue weighted by Crippen LogP contribution is 2.79. The van der Waals surface area contributed by atoms with Gasteiger partial charge in [-0.1, -0.05) is 46.4 Å². The Morgan fingerprint density at radius 3 is 2.22 bits per heavy atom. The minimum atomic E-state index is -4.27. The van der Waals surface area contributed by atoms with E-state index in [1.54, 1.807) is 0 Å². The van der Waals surface area contributed by atoms with Crippen molar-refractivity contribution in [3.63, 3.8) is 0 Å². The average Bonchev–Trinajstić information content (AvgIpc) is 2.51. The Morgan fingerprint density at radius 2 is 1.74 bits per heavy atom. The first-order chi connectivity index (χ1) is 10.7. The lowest BCUT2D eigenvalue weighted by molar-refractivity contribution is -0.129. The van der Waals surface area contributed by atoms with Crippen molar-refractivity contribution in [2.45, 2.75) is 37.5 Å². The van der Waals surface area contributed by atoms with Gasteiger partial charge in [0.2, 0.25) is 0 Å². The van der Waals surface area contributed by atoms with Gasteiger partial charge in [-0.3, -0.25) is 0 Å². The third-order valence-electron chi connectivity index (χ3n) is 2.29. The van der Waals surface area contributed by atoms with Crippen LogP contribution in [0.3, 0.4) is 0 Å². The van der Waals surface area contributed by atoms with Crippen LogP contribution in [0.1, 0.15) is 19.8 Å². The third-order valence-corrected chi connectivity index (χ3v) is 18.0. The molecule has 0 heterocycles. The van der Waals surface area contributed by atoms with Crippen molar-refractivity contribution < 1.29 is 22.0 Å². The minimum absolute atomic E-state index is 0.0958. The molecule has 3 unspecified atom stereocenters. The predicted molar refractivity (Wildman–Crippen MR) is 102 cm³/mol. The first-order valence-electron chi connectivity index (χ1n) is 6.89. The maximum atomic E-state index is 13.3. The van der Waals surface area contributed by atoms with E-state index in [2.05, 4.69) is 0 Å². The highest BCUT2D eigenvalue weighted by molar-refractivity contribution is 9.48. The van der Waals surface area contributed by atoms with Crippen LogP contribution in [0.25, 0.3) is 0 Å². The summed E-state index contributed by atoms with van der Waals surface area (Å²) >= 11 is 11.6. The molecule has 0 rings (SSSR count). The van der Waals surface area contributed by atoms with Crippen molar-refractivity contribution in [3.05, 3.63) is 0 Å². The van der Waals surface area contributed by atoms with Crippen molar-refractivity contribution in [1.29, 1.82) is 0 Å². The molecule has 23 heavy (non-hydrogen) atoms. The molecule has 0 aliphatic rings. The molecule has 3 atom stereocenters. The van der Waals surface area contributed by atoms with Crippen LogP contribution in [0.15, 0.2) is 0 Å². The van der Waals surface area contributed by atoms with Gasteiger partial charge >= 0.3 is 6.18 Å². The summed E-state index contributed by atoms with van der Waals surface area (Å²) in [6.45, 7) is 0.809. The largest absolute Gasteiger partial charge is 0.389 e. The topological polar surface area (TPSA) is 0 Å². The molecule has 0 aliphatic carbocycles. The molecule has 0 radical (unpaired) electrons. The van der Waals surface area contributed by atoms with E-state index in [0.29, 0.717) is 11.5 Å². The Labute approximate surface area is 157 Å². The van der Waals surface area contributed by atoms with E-state index < -0.39 is 32.6 Å². The Morgan fingerprint density at radius 1 is 1.13 bits per heavy atom. The molecule has 0 aromatic carbocycles. The monoisotopic (exact) mass is 458 g/mol. The van der Waals surface area contributed by atoms with Crippen molar-refractivity contribution in [2.75, 3.05) is 35.6 Å². The summed E-state index contributed by atoms with van der Waals surface area (Å²) < 4.78 is 63.5. The van der Waals surface area contributed by atoms with Gasteiger partial charge in [-0.05, 0) is 6.42 Å². The van der Waals surface area contributed by atoms with Crippen LogP contribution in [0, 0.1) is 0 Å². The zero-order valence-electron chi connectivity index (χ0n) is 12.6. The predicted octanol–water partition coefficient (Wildman–Crippen LogP) is 7.25. The standard InChI is InChI=1S/C12H21Cl2F5S4/c1-2-4-20-23(5-3-12(17,18)19,21-8-10(14)6-13)22-9-11(16)7-15/h10-11H,2-9H2,1H3. The zero-order chi connectivity index (χ0) is 17.9. The second-order valence-electron chi connectivity index (χ2n) is 4.52. The molecular formula is C12H21Cl2F5S4. The van der Waals surface area contributed by atoms with E-state index in [0.717, 1.165) is 17.2 Å². The Kier molecular flexibility index (Phi) is 13.8. The second kappa shape index (κ2) is 12.9. The van der Waals surface area contributed by atoms with Crippen LogP contribution in [-0.4, -0.2) is 53.3 Å². The van der Waals surface area contributed by atoms with Gasteiger partial charge in [0.1, 0.15) is 12.8 Å². The number of halogens is 7. The first kappa shape index (κ1) is 24.6. The van der Waals surface area contributed by atoms with Gasteiger partial charge in [-0.2, -0.15) is 13.2 Å². The molecule has 0 N–H and O–H groups in total. The van der Waals surface area contributed by atoms with Gasteiger partial charge in [-0.15, -0.1) is 23.2 Å². The van der Waals surface area contributed by atoms with Crippen molar-refractivity contribution in [1.82, 2.24) is 0 Å². The molecule has 0 saturated carbocycles. The zero-order valence-corrected chi connectivity index (χ0v) is 17.4. The molecule has 0 aromatic rings. The third kappa shape index (κ3) is 12.6. The van der Waals surface area contributed by atoms with Gasteiger partial charge in [0.05, 0.1) is 11.8 Å². The summed E-state index contributed by atoms with van der Waals surface area (Å²) in [6, 6.07) is 0. The summed E-state index contributed by atoms with van der Waals surface area (Å²) in [5.74, 6) is 1.04. The molecule has 0 aromatic heterocycles. The lowest BCUT2D eigenvalue weighted by Crippen LogP contribution is -2.14. The van der Waals surface area contributed by atoms with Crippen LogP contribution in [-0.2, 0) is 0 Å². The van der Waals surface area contributed by atoms with Gasteiger partial charge in [0, 0.05) is 28.9 Å². The smallest absolute Gasteiger partial charge is 0.248 e. The summed E-state index contributed by atoms with van der Waals surface area (Å²) in [7, 11) is 1.98. The normalized spacial score (nSPS) is 19.1. The van der Waals surface area contributed by atoms with Crippen molar-refractivity contribution >= 4 is 62.7 Å². The van der Waals surface area contributed by atoms with Crippen LogP contribution in [0.5, 0.6) is 0 Å². The molecule has 0 nitrogen and oxygen atoms in total. The number of alkyl halides is 7. The van der Waals surface area contributed by atoms with Gasteiger partial charge < -0.3 is 0 Å². The van der Waals surface area contributed by atoms with E-state index in [9.17, 15) is 22.0 Å². The Bertz CT molecular complexity index is 296. The van der Waals surface area contributed by atoms with E-state index in [-0.39, 0.29) is 22.8 Å². The minimum Gasteiger partial charge on any atom is -0.248 e. The van der Waals surface area contributed by atoms with E-state index in [1.165, 1.54) is 21.6 Å². The summed E-state index contributed by atoms with van der Waals surface area (Å²) in [5.41, 5.74) is 0. The van der Waals surface area contributed by atoms with Crippen LogP contribution >= 0.6 is 62.7 Å². The first-order valence-corrected chi connectivity index (χ1v) is 14.2. The van der Waals surface area contributed by atoms with Crippen molar-refractivity contribution in [3.8, 4) is 0 Å². The summed E-state index contributed by atoms with van der Waals surface area (Å²) in [4.78, 5) is 0. The molecule has 0 aliphatic heterocycles. The molecule has 0 spiro atoms. The number of hydrogen-bond donors (Lipinski definition) is 0. The number of rotatable bonds is 13. The molecule has 0 fully saturated rings. The molecule has 142 valence electrons. The molecule has 0 amide bonds. The van der Waals surface area contributed by atoms with Gasteiger partial charge in [0.25, 0.3) is 0 Å². The Hall–Kier alpha value is 1.63. The highest BCUT2D eigenvalue weighted by Gasteiger charge is 2.35. The summed E-state index contributed by atoms with van der Waals surface area (Å²) in [6.07, 6.45) is -6.05. The van der Waals surface area contributed by atoms with E-state index >= 15 is 0 Å². The fraction of sp³-hybridized carbons (Fsp3) is 1.00. The van der Waals surface area contributed by atoms with Gasteiger partial charge in [-0.25, -0.2) is 8.78 Å². The highest BCUT2D eigenvalue weighted by atomic mass is 35.5. The molecular weight excluding hydrogens is 438 g/mol. The maximum absolute atomic E-state index is 13.3. The van der Waals surface area contributed by atoms with E-state index in [1.807, 2.05) is 6.92 Å². The fourth-order valence-electron chi connectivity index (χ4n) is 1.17. The molecule has 0 bridgehead atoms. The van der Waals surface area contributed by atoms with Crippen LogP contribution in [0.2, 0.25) is 0 Å². The number of hydrogen-bond acceptors (Lipinski definition) is 3. The fourth-order valence-corrected chi connectivity index (χ4v) is 15.1. The summed E-state index contributed by atoms with van der Waals surface area (Å²) in [5, 5.41) is -0.357. The quantitative estimate of drug-likeness (QED) is 0.162. The van der Waals surface area contributed by atoms with Crippen LogP contribution in [0.4, 0.5) is 22.0 Å². The van der Waals surface area contributed by atoms with Crippen molar-refractivity contribution in [2.24, 2.45) is 0 Å². The maximum Gasteiger partial charge on any atom is 0.389 e. The SMILES string of the molecule is CCCSS(CCC(F)(F)F)(SCC(F)CF)SCC(Cl)CCl. The average molecular weight is 459 g/mol. The lowest BCUT2D eigenvalue weighted by Gasteiger charge is -2.38. The molecule has 11 heteroatoms. The molecule has 0 saturated heterocycles.